The molecule has 4 aromatic rings. The van der Waals surface area contributed by atoms with E-state index in [4.69, 9.17) is 14.2 Å². The fraction of sp³-hybridized carbons (Fsp3) is 0.320. The van der Waals surface area contributed by atoms with E-state index in [1.807, 2.05) is 53.1 Å². The molecule has 1 aliphatic rings. The molecule has 2 aromatic heterocycles. The lowest BCUT2D eigenvalue weighted by molar-refractivity contribution is -0.0726. The highest BCUT2D eigenvalue weighted by Crippen LogP contribution is 2.27. The van der Waals surface area contributed by atoms with Gasteiger partial charge in [0.05, 0.1) is 51.2 Å². The molecule has 0 radical (unpaired) electrons. The van der Waals surface area contributed by atoms with E-state index in [0.717, 1.165) is 17.5 Å². The molecule has 3 heterocycles. The number of ether oxygens (including phenoxy) is 3. The highest BCUT2D eigenvalue weighted by atomic mass is 16.6. The quantitative estimate of drug-likeness (QED) is 0.425. The molecule has 8 nitrogen and oxygen atoms in total. The predicted octanol–water partition coefficient (Wildman–Crippen LogP) is 3.08. The highest BCUT2D eigenvalue weighted by Gasteiger charge is 2.36. The molecular weight excluding hydrogens is 420 g/mol. The van der Waals surface area contributed by atoms with Crippen LogP contribution in [0.15, 0.2) is 78.1 Å². The molecule has 1 N–H and O–H groups in total. The van der Waals surface area contributed by atoms with Crippen molar-refractivity contribution < 1.29 is 14.2 Å². The summed E-state index contributed by atoms with van der Waals surface area (Å²) in [6.45, 7) is 2.01. The van der Waals surface area contributed by atoms with Crippen LogP contribution in [0.25, 0.3) is 11.2 Å². The van der Waals surface area contributed by atoms with Crippen LogP contribution >= 0.6 is 0 Å². The average Bonchev–Trinajstić information content (AvgIpc) is 3.44. The summed E-state index contributed by atoms with van der Waals surface area (Å²) < 4.78 is 20.4. The van der Waals surface area contributed by atoms with Gasteiger partial charge < -0.3 is 23.8 Å². The first-order valence-corrected chi connectivity index (χ1v) is 11.1. The summed E-state index contributed by atoms with van der Waals surface area (Å²) in [5, 5.41) is 0. The third-order valence-corrected chi connectivity index (χ3v) is 5.79. The van der Waals surface area contributed by atoms with Gasteiger partial charge in [-0.15, -0.1) is 0 Å². The smallest absolute Gasteiger partial charge is 0.278 e. The van der Waals surface area contributed by atoms with Gasteiger partial charge in [-0.1, -0.05) is 60.7 Å². The molecule has 0 saturated carbocycles. The zero-order valence-electron chi connectivity index (χ0n) is 18.2. The number of imidazole rings is 1. The fourth-order valence-electron chi connectivity index (χ4n) is 4.13. The van der Waals surface area contributed by atoms with E-state index in [9.17, 15) is 4.79 Å². The van der Waals surface area contributed by atoms with Crippen molar-refractivity contribution in [1.82, 2.24) is 19.5 Å². The van der Waals surface area contributed by atoms with Crippen LogP contribution in [0.1, 0.15) is 17.5 Å². The van der Waals surface area contributed by atoms with Crippen molar-refractivity contribution in [3.63, 3.8) is 0 Å². The summed E-state index contributed by atoms with van der Waals surface area (Å²) in [5.74, 6) is 0. The Labute approximate surface area is 191 Å². The maximum atomic E-state index is 11.9. The number of nitrogens with zero attached hydrogens (tertiary/aromatic N) is 3. The van der Waals surface area contributed by atoms with Crippen LogP contribution in [-0.2, 0) is 34.0 Å². The van der Waals surface area contributed by atoms with Crippen molar-refractivity contribution in [3.8, 4) is 0 Å². The Morgan fingerprint density at radius 1 is 1.00 bits per heavy atom. The Kier molecular flexibility index (Phi) is 6.57. The van der Waals surface area contributed by atoms with E-state index < -0.39 is 0 Å². The van der Waals surface area contributed by atoms with Crippen molar-refractivity contribution in [2.24, 2.45) is 0 Å². The molecule has 3 atom stereocenters. The average molecular weight is 447 g/mol. The van der Waals surface area contributed by atoms with Gasteiger partial charge in [0.25, 0.3) is 5.56 Å². The molecule has 1 saturated heterocycles. The largest absolute Gasteiger partial charge is 0.374 e. The number of hydrogen-bond donors (Lipinski definition) is 1. The fourth-order valence-corrected chi connectivity index (χ4v) is 4.13. The van der Waals surface area contributed by atoms with Crippen LogP contribution in [0.3, 0.4) is 0 Å². The van der Waals surface area contributed by atoms with Gasteiger partial charge in [0.1, 0.15) is 6.10 Å². The third kappa shape index (κ3) is 5.19. The Hall–Kier alpha value is -3.33. The summed E-state index contributed by atoms with van der Waals surface area (Å²) in [4.78, 5) is 23.0. The first kappa shape index (κ1) is 21.5. The van der Waals surface area contributed by atoms with Crippen molar-refractivity contribution in [3.05, 3.63) is 94.8 Å². The lowest BCUT2D eigenvalue weighted by Gasteiger charge is -2.19. The first-order valence-electron chi connectivity index (χ1n) is 11.1. The third-order valence-electron chi connectivity index (χ3n) is 5.79. The number of hydrogen-bond acceptors (Lipinski definition) is 6. The number of benzene rings is 2. The van der Waals surface area contributed by atoms with Crippen LogP contribution in [0.4, 0.5) is 0 Å². The Bertz CT molecular complexity index is 1230. The zero-order valence-corrected chi connectivity index (χ0v) is 18.2. The number of rotatable bonds is 9. The van der Waals surface area contributed by atoms with E-state index in [0.29, 0.717) is 37.5 Å². The van der Waals surface area contributed by atoms with Crippen LogP contribution in [-0.4, -0.2) is 44.4 Å². The van der Waals surface area contributed by atoms with Gasteiger partial charge in [-0.25, -0.2) is 9.97 Å². The molecule has 8 heteroatoms. The van der Waals surface area contributed by atoms with E-state index in [2.05, 4.69) is 27.1 Å². The molecule has 33 heavy (non-hydrogen) atoms. The second-order valence-corrected chi connectivity index (χ2v) is 8.17. The number of aromatic nitrogens is 4. The molecule has 0 amide bonds. The molecule has 170 valence electrons. The summed E-state index contributed by atoms with van der Waals surface area (Å²) in [6, 6.07) is 20.2. The van der Waals surface area contributed by atoms with Gasteiger partial charge >= 0.3 is 0 Å². The van der Waals surface area contributed by atoms with Gasteiger partial charge in [0.15, 0.2) is 11.2 Å². The molecule has 0 unspecified atom stereocenters. The topological polar surface area (TPSA) is 91.3 Å². The minimum atomic E-state index is -0.248. The molecular formula is C25H26N4O4. The summed E-state index contributed by atoms with van der Waals surface area (Å²) in [7, 11) is 0. The second kappa shape index (κ2) is 10.1. The minimum absolute atomic E-state index is 0.0999. The number of aromatic amines is 1. The molecule has 0 aliphatic carbocycles. The van der Waals surface area contributed by atoms with Crippen LogP contribution in [0.2, 0.25) is 0 Å². The van der Waals surface area contributed by atoms with Gasteiger partial charge in [0.2, 0.25) is 0 Å². The van der Waals surface area contributed by atoms with Gasteiger partial charge in [-0.05, 0) is 11.1 Å². The standard InChI is InChI=1S/C25H26N4O4/c30-25-23-24(26-16-27-25)29(17-28-23)12-20-11-21(32-14-19-9-5-2-6-10-19)22(33-20)15-31-13-18-7-3-1-4-8-18/h1-10,16-17,20-22H,11-15H2,(H,26,27,30)/t20-,21+,22-/m1/s1. The summed E-state index contributed by atoms with van der Waals surface area (Å²) >= 11 is 0. The molecule has 1 aliphatic heterocycles. The van der Waals surface area contributed by atoms with Gasteiger partial charge in [-0.3, -0.25) is 4.79 Å². The van der Waals surface area contributed by atoms with Gasteiger partial charge in [-0.2, -0.15) is 0 Å². The number of fused-ring (bicyclic) bond motifs is 1. The lowest BCUT2D eigenvalue weighted by atomic mass is 10.1. The lowest BCUT2D eigenvalue weighted by Crippen LogP contribution is -2.29. The van der Waals surface area contributed by atoms with Crippen LogP contribution < -0.4 is 5.56 Å². The SMILES string of the molecule is O=c1[nH]cnc2c1ncn2C[C@H]1C[C@H](OCc2ccccc2)[C@@H](COCc2ccccc2)O1. The minimum Gasteiger partial charge on any atom is -0.374 e. The van der Waals surface area contributed by atoms with Crippen molar-refractivity contribution in [2.45, 2.75) is 44.5 Å². The molecule has 0 spiro atoms. The van der Waals surface area contributed by atoms with E-state index in [1.54, 1.807) is 6.33 Å². The normalized spacial score (nSPS) is 20.4. The van der Waals surface area contributed by atoms with E-state index in [-0.39, 0.29) is 23.9 Å². The summed E-state index contributed by atoms with van der Waals surface area (Å²) in [5.41, 5.74) is 2.87. The second-order valence-electron chi connectivity index (χ2n) is 8.17. The Morgan fingerprint density at radius 2 is 1.73 bits per heavy atom. The molecule has 1 fully saturated rings. The van der Waals surface area contributed by atoms with Crippen molar-refractivity contribution in [2.75, 3.05) is 6.61 Å². The highest BCUT2D eigenvalue weighted by molar-refractivity contribution is 5.68. The predicted molar refractivity (Wildman–Crippen MR) is 123 cm³/mol. The summed E-state index contributed by atoms with van der Waals surface area (Å²) in [6.07, 6.45) is 3.36. The van der Waals surface area contributed by atoms with E-state index >= 15 is 0 Å². The monoisotopic (exact) mass is 446 g/mol. The van der Waals surface area contributed by atoms with E-state index in [1.165, 1.54) is 6.33 Å². The molecule has 2 aromatic carbocycles. The number of H-pyrrole nitrogens is 1. The maximum Gasteiger partial charge on any atom is 0.278 e. The molecule has 0 bridgehead atoms. The first-order chi connectivity index (χ1) is 16.3. The van der Waals surface area contributed by atoms with Gasteiger partial charge in [0, 0.05) is 6.42 Å². The van der Waals surface area contributed by atoms with Crippen LogP contribution in [0.5, 0.6) is 0 Å². The van der Waals surface area contributed by atoms with Crippen LogP contribution in [0, 0.1) is 0 Å². The number of nitrogens with one attached hydrogen (secondary N) is 1. The van der Waals surface area contributed by atoms with Crippen molar-refractivity contribution in [1.29, 1.82) is 0 Å². The molecule has 5 rings (SSSR count). The Morgan fingerprint density at radius 3 is 2.48 bits per heavy atom. The zero-order chi connectivity index (χ0) is 22.5. The van der Waals surface area contributed by atoms with Crippen molar-refractivity contribution >= 4 is 11.2 Å². The Balaban J connectivity index is 1.25. The maximum absolute atomic E-state index is 11.9.